The lowest BCUT2D eigenvalue weighted by Gasteiger charge is -2.31. The van der Waals surface area contributed by atoms with Gasteiger partial charge in [0.15, 0.2) is 0 Å². The molecule has 0 spiro atoms. The zero-order valence-electron chi connectivity index (χ0n) is 8.71. The van der Waals surface area contributed by atoms with Crippen LogP contribution in [0.4, 0.5) is 0 Å². The zero-order valence-corrected chi connectivity index (χ0v) is 8.71. The lowest BCUT2D eigenvalue weighted by atomic mass is 9.77. The summed E-state index contributed by atoms with van der Waals surface area (Å²) in [4.78, 5) is 0. The minimum absolute atomic E-state index is 0.0938. The number of aliphatic hydroxyl groups is 1. The van der Waals surface area contributed by atoms with Crippen LogP contribution in [0.1, 0.15) is 46.0 Å². The van der Waals surface area contributed by atoms with Crippen LogP contribution in [0.2, 0.25) is 0 Å². The Balaban J connectivity index is 2.43. The van der Waals surface area contributed by atoms with Gasteiger partial charge in [-0.15, -0.1) is 11.8 Å². The Morgan fingerprint density at radius 3 is 2.77 bits per heavy atom. The summed E-state index contributed by atoms with van der Waals surface area (Å²) in [5, 5.41) is 9.74. The van der Waals surface area contributed by atoms with Crippen molar-refractivity contribution in [1.82, 2.24) is 0 Å². The van der Waals surface area contributed by atoms with Gasteiger partial charge in [-0.2, -0.15) is 0 Å². The van der Waals surface area contributed by atoms with Gasteiger partial charge in [0.05, 0.1) is 6.10 Å². The first kappa shape index (κ1) is 10.6. The molecular formula is C12H20O. The maximum atomic E-state index is 9.74. The molecule has 1 aliphatic carbocycles. The van der Waals surface area contributed by atoms with Gasteiger partial charge in [0, 0.05) is 6.42 Å². The summed E-state index contributed by atoms with van der Waals surface area (Å²) < 4.78 is 0. The van der Waals surface area contributed by atoms with Gasteiger partial charge in [-0.05, 0) is 38.0 Å². The molecule has 1 nitrogen and oxygen atoms in total. The van der Waals surface area contributed by atoms with Crippen LogP contribution < -0.4 is 0 Å². The number of hydrogen-bond acceptors (Lipinski definition) is 1. The van der Waals surface area contributed by atoms with Crippen LogP contribution in [0.15, 0.2) is 0 Å². The third kappa shape index (κ3) is 3.04. The van der Waals surface area contributed by atoms with Crippen molar-refractivity contribution >= 4 is 0 Å². The van der Waals surface area contributed by atoms with Crippen molar-refractivity contribution in [2.45, 2.75) is 52.1 Å². The van der Waals surface area contributed by atoms with E-state index in [1.165, 1.54) is 19.3 Å². The third-order valence-electron chi connectivity index (χ3n) is 3.17. The van der Waals surface area contributed by atoms with Gasteiger partial charge in [0.2, 0.25) is 0 Å². The average Bonchev–Trinajstić information content (AvgIpc) is 2.17. The first-order valence-corrected chi connectivity index (χ1v) is 5.35. The van der Waals surface area contributed by atoms with E-state index >= 15 is 0 Å². The monoisotopic (exact) mass is 180 g/mol. The molecule has 1 rings (SSSR count). The second-order valence-corrected chi connectivity index (χ2v) is 4.05. The second-order valence-electron chi connectivity index (χ2n) is 4.05. The minimum Gasteiger partial charge on any atom is -0.393 e. The molecule has 1 heteroatoms. The highest BCUT2D eigenvalue weighted by molar-refractivity contribution is 4.98. The molecule has 3 unspecified atom stereocenters. The van der Waals surface area contributed by atoms with Gasteiger partial charge in [0.1, 0.15) is 0 Å². The van der Waals surface area contributed by atoms with E-state index in [0.29, 0.717) is 5.92 Å². The molecule has 1 N–H and O–H groups in total. The normalized spacial score (nSPS) is 33.6. The summed E-state index contributed by atoms with van der Waals surface area (Å²) in [5.74, 6) is 7.25. The maximum absolute atomic E-state index is 9.74. The Kier molecular flexibility index (Phi) is 4.32. The molecule has 1 fully saturated rings. The van der Waals surface area contributed by atoms with E-state index in [4.69, 9.17) is 0 Å². The third-order valence-corrected chi connectivity index (χ3v) is 3.17. The SMILES string of the molecule is CC#CCC1CC(CC)CCC1O. The van der Waals surface area contributed by atoms with Crippen molar-refractivity contribution in [3.05, 3.63) is 0 Å². The Hall–Kier alpha value is -0.480. The van der Waals surface area contributed by atoms with E-state index in [9.17, 15) is 5.11 Å². The zero-order chi connectivity index (χ0) is 9.68. The highest BCUT2D eigenvalue weighted by Crippen LogP contribution is 2.32. The van der Waals surface area contributed by atoms with Crippen LogP contribution in [-0.4, -0.2) is 11.2 Å². The smallest absolute Gasteiger partial charge is 0.0577 e. The van der Waals surface area contributed by atoms with Crippen LogP contribution in [0.3, 0.4) is 0 Å². The Morgan fingerprint density at radius 1 is 1.38 bits per heavy atom. The molecule has 1 aliphatic rings. The van der Waals surface area contributed by atoms with E-state index in [1.54, 1.807) is 0 Å². The molecule has 0 aromatic carbocycles. The number of hydrogen-bond donors (Lipinski definition) is 1. The van der Waals surface area contributed by atoms with Crippen molar-refractivity contribution < 1.29 is 5.11 Å². The summed E-state index contributed by atoms with van der Waals surface area (Å²) in [5.41, 5.74) is 0. The highest BCUT2D eigenvalue weighted by atomic mass is 16.3. The van der Waals surface area contributed by atoms with Crippen molar-refractivity contribution in [1.29, 1.82) is 0 Å². The van der Waals surface area contributed by atoms with Crippen molar-refractivity contribution in [3.63, 3.8) is 0 Å². The van der Waals surface area contributed by atoms with Crippen molar-refractivity contribution in [3.8, 4) is 11.8 Å². The molecule has 0 heterocycles. The summed E-state index contributed by atoms with van der Waals surface area (Å²) in [6.45, 7) is 4.11. The second kappa shape index (κ2) is 5.29. The molecule has 0 aliphatic heterocycles. The Morgan fingerprint density at radius 2 is 2.15 bits per heavy atom. The van der Waals surface area contributed by atoms with Crippen LogP contribution >= 0.6 is 0 Å². The molecule has 0 amide bonds. The fourth-order valence-electron chi connectivity index (χ4n) is 2.17. The van der Waals surface area contributed by atoms with Crippen LogP contribution in [0.5, 0.6) is 0 Å². The predicted octanol–water partition coefficient (Wildman–Crippen LogP) is 2.59. The van der Waals surface area contributed by atoms with Gasteiger partial charge in [-0.3, -0.25) is 0 Å². The van der Waals surface area contributed by atoms with E-state index in [0.717, 1.165) is 18.8 Å². The molecule has 0 aromatic heterocycles. The molecule has 0 aromatic rings. The quantitative estimate of drug-likeness (QED) is 0.648. The molecule has 0 bridgehead atoms. The fraction of sp³-hybridized carbons (Fsp3) is 0.833. The topological polar surface area (TPSA) is 20.2 Å². The predicted molar refractivity (Wildman–Crippen MR) is 55.2 cm³/mol. The minimum atomic E-state index is -0.0938. The molecule has 1 saturated carbocycles. The molecule has 0 saturated heterocycles. The van der Waals surface area contributed by atoms with E-state index in [-0.39, 0.29) is 6.10 Å². The van der Waals surface area contributed by atoms with Crippen molar-refractivity contribution in [2.75, 3.05) is 0 Å². The summed E-state index contributed by atoms with van der Waals surface area (Å²) in [7, 11) is 0. The van der Waals surface area contributed by atoms with Gasteiger partial charge in [0.25, 0.3) is 0 Å². The summed E-state index contributed by atoms with van der Waals surface area (Å²) in [6, 6.07) is 0. The lowest BCUT2D eigenvalue weighted by Crippen LogP contribution is -2.28. The van der Waals surface area contributed by atoms with Gasteiger partial charge in [-0.1, -0.05) is 13.3 Å². The molecule has 74 valence electrons. The first-order chi connectivity index (χ1) is 6.27. The molecular weight excluding hydrogens is 160 g/mol. The van der Waals surface area contributed by atoms with Gasteiger partial charge >= 0.3 is 0 Å². The van der Waals surface area contributed by atoms with E-state index in [2.05, 4.69) is 18.8 Å². The summed E-state index contributed by atoms with van der Waals surface area (Å²) in [6.07, 6.45) is 5.40. The van der Waals surface area contributed by atoms with Crippen molar-refractivity contribution in [2.24, 2.45) is 11.8 Å². The Labute approximate surface area is 81.5 Å². The van der Waals surface area contributed by atoms with E-state index in [1.807, 2.05) is 6.92 Å². The van der Waals surface area contributed by atoms with Gasteiger partial charge < -0.3 is 5.11 Å². The van der Waals surface area contributed by atoms with Crippen LogP contribution in [-0.2, 0) is 0 Å². The number of rotatable bonds is 2. The van der Waals surface area contributed by atoms with E-state index < -0.39 is 0 Å². The molecule has 0 radical (unpaired) electrons. The van der Waals surface area contributed by atoms with Crippen LogP contribution in [0.25, 0.3) is 0 Å². The first-order valence-electron chi connectivity index (χ1n) is 5.35. The maximum Gasteiger partial charge on any atom is 0.0577 e. The number of aliphatic hydroxyl groups excluding tert-OH is 1. The summed E-state index contributed by atoms with van der Waals surface area (Å²) >= 11 is 0. The lowest BCUT2D eigenvalue weighted by molar-refractivity contribution is 0.0498. The molecule has 13 heavy (non-hydrogen) atoms. The average molecular weight is 180 g/mol. The fourth-order valence-corrected chi connectivity index (χ4v) is 2.17. The standard InChI is InChI=1S/C12H20O/c1-3-5-6-11-9-10(4-2)7-8-12(11)13/h10-13H,4,6-9H2,1-2H3. The molecule has 3 atom stereocenters. The highest BCUT2D eigenvalue weighted by Gasteiger charge is 2.27. The largest absolute Gasteiger partial charge is 0.393 e. The van der Waals surface area contributed by atoms with Crippen LogP contribution in [0, 0.1) is 23.7 Å². The van der Waals surface area contributed by atoms with Gasteiger partial charge in [-0.25, -0.2) is 0 Å². The Bertz CT molecular complexity index is 199.